The van der Waals surface area contributed by atoms with Gasteiger partial charge in [0.25, 0.3) is 0 Å². The van der Waals surface area contributed by atoms with Crippen molar-refractivity contribution in [3.8, 4) is 17.3 Å². The molecule has 1 aliphatic rings. The van der Waals surface area contributed by atoms with Crippen molar-refractivity contribution in [1.82, 2.24) is 9.97 Å². The summed E-state index contributed by atoms with van der Waals surface area (Å²) in [5.74, 6) is 0.491. The molecule has 29 heavy (non-hydrogen) atoms. The number of halogens is 1. The van der Waals surface area contributed by atoms with E-state index in [4.69, 9.17) is 4.98 Å². The smallest absolute Gasteiger partial charge is 0.225 e. The quantitative estimate of drug-likeness (QED) is 0.592. The number of hydrogen-bond acceptors (Lipinski definition) is 5. The van der Waals surface area contributed by atoms with Crippen LogP contribution < -0.4 is 10.6 Å². The molecule has 2 N–H and O–H groups in total. The van der Waals surface area contributed by atoms with E-state index >= 15 is 0 Å². The van der Waals surface area contributed by atoms with Gasteiger partial charge in [0.05, 0.1) is 11.4 Å². The van der Waals surface area contributed by atoms with E-state index in [1.165, 1.54) is 25.3 Å². The Hall–Kier alpha value is -3.46. The Morgan fingerprint density at radius 1 is 0.966 bits per heavy atom. The lowest BCUT2D eigenvalue weighted by Gasteiger charge is -2.23. The minimum atomic E-state index is -0.560. The SMILES string of the molecule is N#Cc1c(F)cccc1Nc1cc(-c2ccccc2)nc(NC2CCCCC2)n1. The molecule has 1 saturated carbocycles. The van der Waals surface area contributed by atoms with Gasteiger partial charge in [-0.1, -0.05) is 55.7 Å². The summed E-state index contributed by atoms with van der Waals surface area (Å²) < 4.78 is 14.0. The predicted octanol–water partition coefficient (Wildman–Crippen LogP) is 5.64. The van der Waals surface area contributed by atoms with E-state index < -0.39 is 5.82 Å². The number of benzene rings is 2. The number of nitrogens with one attached hydrogen (secondary N) is 2. The van der Waals surface area contributed by atoms with Gasteiger partial charge in [0.1, 0.15) is 23.3 Å². The van der Waals surface area contributed by atoms with Gasteiger partial charge >= 0.3 is 0 Å². The Morgan fingerprint density at radius 2 is 1.76 bits per heavy atom. The zero-order chi connectivity index (χ0) is 20.1. The number of hydrogen-bond donors (Lipinski definition) is 2. The number of rotatable bonds is 5. The molecule has 1 aliphatic carbocycles. The molecule has 0 unspecified atom stereocenters. The molecule has 4 rings (SSSR count). The summed E-state index contributed by atoms with van der Waals surface area (Å²) in [6.07, 6.45) is 5.88. The van der Waals surface area contributed by atoms with Gasteiger partial charge in [-0.3, -0.25) is 0 Å². The van der Waals surface area contributed by atoms with E-state index in [1.807, 2.05) is 42.5 Å². The Morgan fingerprint density at radius 3 is 2.52 bits per heavy atom. The van der Waals surface area contributed by atoms with Crippen LogP contribution in [0.15, 0.2) is 54.6 Å². The minimum Gasteiger partial charge on any atom is -0.351 e. The summed E-state index contributed by atoms with van der Waals surface area (Å²) in [5, 5.41) is 15.9. The highest BCUT2D eigenvalue weighted by atomic mass is 19.1. The molecule has 6 heteroatoms. The number of anilines is 3. The molecule has 146 valence electrons. The van der Waals surface area contributed by atoms with Crippen LogP contribution in [0, 0.1) is 17.1 Å². The summed E-state index contributed by atoms with van der Waals surface area (Å²) in [7, 11) is 0. The van der Waals surface area contributed by atoms with E-state index in [0.29, 0.717) is 23.5 Å². The molecule has 0 aliphatic heterocycles. The van der Waals surface area contributed by atoms with E-state index in [-0.39, 0.29) is 5.56 Å². The van der Waals surface area contributed by atoms with E-state index in [2.05, 4.69) is 15.6 Å². The third kappa shape index (κ3) is 4.52. The molecule has 2 aromatic carbocycles. The van der Waals surface area contributed by atoms with Crippen LogP contribution in [-0.4, -0.2) is 16.0 Å². The van der Waals surface area contributed by atoms with Crippen LogP contribution in [0.5, 0.6) is 0 Å². The molecular formula is C23H22FN5. The fraction of sp³-hybridized carbons (Fsp3) is 0.261. The van der Waals surface area contributed by atoms with Gasteiger partial charge in [0.15, 0.2) is 0 Å². The van der Waals surface area contributed by atoms with Crippen molar-refractivity contribution in [3.63, 3.8) is 0 Å². The molecule has 1 fully saturated rings. The lowest BCUT2D eigenvalue weighted by molar-refractivity contribution is 0.461. The average molecular weight is 387 g/mol. The highest BCUT2D eigenvalue weighted by Gasteiger charge is 2.16. The normalized spacial score (nSPS) is 14.2. The maximum absolute atomic E-state index is 14.0. The highest BCUT2D eigenvalue weighted by molar-refractivity contribution is 5.70. The maximum Gasteiger partial charge on any atom is 0.225 e. The fourth-order valence-electron chi connectivity index (χ4n) is 3.64. The lowest BCUT2D eigenvalue weighted by atomic mass is 9.96. The molecule has 3 aromatic rings. The largest absolute Gasteiger partial charge is 0.351 e. The third-order valence-corrected chi connectivity index (χ3v) is 5.12. The number of nitrogens with zero attached hydrogens (tertiary/aromatic N) is 3. The first-order valence-electron chi connectivity index (χ1n) is 9.89. The molecule has 0 bridgehead atoms. The molecule has 1 aromatic heterocycles. The number of nitriles is 1. The van der Waals surface area contributed by atoms with Crippen LogP contribution in [0.4, 0.5) is 21.8 Å². The van der Waals surface area contributed by atoms with E-state index in [9.17, 15) is 9.65 Å². The van der Waals surface area contributed by atoms with Crippen LogP contribution in [-0.2, 0) is 0 Å². The summed E-state index contributed by atoms with van der Waals surface area (Å²) in [6, 6.07) is 18.4. The van der Waals surface area contributed by atoms with Gasteiger partial charge in [-0.25, -0.2) is 9.37 Å². The van der Waals surface area contributed by atoms with Crippen LogP contribution in [0.2, 0.25) is 0 Å². The molecule has 0 amide bonds. The predicted molar refractivity (Wildman–Crippen MR) is 112 cm³/mol. The standard InChI is InChI=1S/C23H22FN5/c24-19-12-7-13-20(18(19)15-25)27-22-14-21(16-8-3-1-4-9-16)28-23(29-22)26-17-10-5-2-6-11-17/h1,3-4,7-9,12-14,17H,2,5-6,10-11H2,(H2,26,27,28,29). The first-order chi connectivity index (χ1) is 14.2. The molecule has 0 saturated heterocycles. The summed E-state index contributed by atoms with van der Waals surface area (Å²) in [6.45, 7) is 0. The lowest BCUT2D eigenvalue weighted by Crippen LogP contribution is -2.23. The van der Waals surface area contributed by atoms with Crippen molar-refractivity contribution < 1.29 is 4.39 Å². The Kier molecular flexibility index (Phi) is 5.66. The second-order valence-electron chi connectivity index (χ2n) is 7.21. The van der Waals surface area contributed by atoms with Crippen molar-refractivity contribution in [2.45, 2.75) is 38.1 Å². The second kappa shape index (κ2) is 8.70. The van der Waals surface area contributed by atoms with Crippen molar-refractivity contribution in [2.24, 2.45) is 0 Å². The number of aromatic nitrogens is 2. The van der Waals surface area contributed by atoms with Gasteiger partial charge in [-0.2, -0.15) is 10.2 Å². The van der Waals surface area contributed by atoms with E-state index in [1.54, 1.807) is 12.1 Å². The maximum atomic E-state index is 14.0. The molecule has 1 heterocycles. The summed E-state index contributed by atoms with van der Waals surface area (Å²) in [4.78, 5) is 9.29. The monoisotopic (exact) mass is 387 g/mol. The van der Waals surface area contributed by atoms with Gasteiger partial charge < -0.3 is 10.6 Å². The van der Waals surface area contributed by atoms with Gasteiger partial charge in [0.2, 0.25) is 5.95 Å². The van der Waals surface area contributed by atoms with Gasteiger partial charge in [-0.15, -0.1) is 0 Å². The molecule has 5 nitrogen and oxygen atoms in total. The molecular weight excluding hydrogens is 365 g/mol. The van der Waals surface area contributed by atoms with Crippen molar-refractivity contribution in [3.05, 3.63) is 66.0 Å². The van der Waals surface area contributed by atoms with Crippen molar-refractivity contribution in [2.75, 3.05) is 10.6 Å². The zero-order valence-corrected chi connectivity index (χ0v) is 16.0. The van der Waals surface area contributed by atoms with Gasteiger partial charge in [0, 0.05) is 17.7 Å². The average Bonchev–Trinajstić information content (AvgIpc) is 2.75. The first kappa shape index (κ1) is 18.9. The molecule has 0 radical (unpaired) electrons. The first-order valence-corrected chi connectivity index (χ1v) is 9.89. The van der Waals surface area contributed by atoms with E-state index in [0.717, 1.165) is 24.1 Å². The van der Waals surface area contributed by atoms with Crippen LogP contribution in [0.25, 0.3) is 11.3 Å². The third-order valence-electron chi connectivity index (χ3n) is 5.12. The zero-order valence-electron chi connectivity index (χ0n) is 16.0. The minimum absolute atomic E-state index is 0.0332. The van der Waals surface area contributed by atoms with Crippen LogP contribution >= 0.6 is 0 Å². The van der Waals surface area contributed by atoms with Crippen molar-refractivity contribution >= 4 is 17.5 Å². The fourth-order valence-corrected chi connectivity index (χ4v) is 3.64. The Bertz CT molecular complexity index is 1020. The van der Waals surface area contributed by atoms with Crippen LogP contribution in [0.1, 0.15) is 37.7 Å². The summed E-state index contributed by atoms with van der Waals surface area (Å²) >= 11 is 0. The highest BCUT2D eigenvalue weighted by Crippen LogP contribution is 2.27. The Balaban J connectivity index is 1.70. The Labute approximate surface area is 169 Å². The summed E-state index contributed by atoms with van der Waals surface area (Å²) in [5.41, 5.74) is 2.07. The molecule has 0 spiro atoms. The van der Waals surface area contributed by atoms with Crippen molar-refractivity contribution in [1.29, 1.82) is 5.26 Å². The molecule has 0 atom stereocenters. The van der Waals surface area contributed by atoms with Crippen LogP contribution in [0.3, 0.4) is 0 Å². The second-order valence-corrected chi connectivity index (χ2v) is 7.21. The van der Waals surface area contributed by atoms with Gasteiger partial charge in [-0.05, 0) is 25.0 Å². The topological polar surface area (TPSA) is 73.6 Å².